The number of nitrogens with one attached hydrogen (secondary N) is 1. The van der Waals surface area contributed by atoms with Crippen LogP contribution < -0.4 is 19.7 Å². The Bertz CT molecular complexity index is 1010. The first-order chi connectivity index (χ1) is 16.1. The summed E-state index contributed by atoms with van der Waals surface area (Å²) in [5.41, 5.74) is 0.996. The first kappa shape index (κ1) is 24.6. The molecule has 2 fully saturated rings. The molecule has 3 unspecified atom stereocenters. The molecule has 7 nitrogen and oxygen atoms in total. The third kappa shape index (κ3) is 6.12. The van der Waals surface area contributed by atoms with Gasteiger partial charge in [0.2, 0.25) is 11.8 Å². The average molecular weight is 487 g/mol. The van der Waals surface area contributed by atoms with Gasteiger partial charge in [-0.05, 0) is 42.4 Å². The maximum absolute atomic E-state index is 12.4. The lowest BCUT2D eigenvalue weighted by Gasteiger charge is -2.22. The van der Waals surface area contributed by atoms with E-state index in [1.54, 1.807) is 0 Å². The molecular weight excluding hydrogens is 452 g/mol. The fourth-order valence-electron chi connectivity index (χ4n) is 3.98. The predicted octanol–water partition coefficient (Wildman–Crippen LogP) is 4.84. The molecule has 4 rings (SSSR count). The molecule has 0 radical (unpaired) electrons. The summed E-state index contributed by atoms with van der Waals surface area (Å²) in [6.07, 6.45) is 3.45. The normalized spacial score (nSPS) is 22.9. The highest BCUT2D eigenvalue weighted by molar-refractivity contribution is 6.34. The first-order valence-electron chi connectivity index (χ1n) is 12.1. The lowest BCUT2D eigenvalue weighted by Crippen LogP contribution is -2.30. The van der Waals surface area contributed by atoms with E-state index in [4.69, 9.17) is 21.1 Å². The predicted molar refractivity (Wildman–Crippen MR) is 134 cm³/mol. The van der Waals surface area contributed by atoms with Crippen molar-refractivity contribution in [1.82, 2.24) is 15.3 Å². The second-order valence-electron chi connectivity index (χ2n) is 10.8. The smallest absolute Gasteiger partial charge is 0.237 e. The van der Waals surface area contributed by atoms with E-state index in [2.05, 4.69) is 47.9 Å². The number of anilines is 1. The van der Waals surface area contributed by atoms with Gasteiger partial charge < -0.3 is 19.7 Å². The number of ether oxygens (including phenoxy) is 2. The number of carbonyl (C=O) groups is 1. The van der Waals surface area contributed by atoms with Crippen LogP contribution in [0.15, 0.2) is 30.6 Å². The van der Waals surface area contributed by atoms with Crippen LogP contribution in [0.5, 0.6) is 11.6 Å². The van der Waals surface area contributed by atoms with Gasteiger partial charge in [-0.3, -0.25) is 4.79 Å². The Kier molecular flexibility index (Phi) is 7.22. The van der Waals surface area contributed by atoms with Gasteiger partial charge in [-0.1, -0.05) is 51.4 Å². The summed E-state index contributed by atoms with van der Waals surface area (Å²) < 4.78 is 12.0. The van der Waals surface area contributed by atoms with Gasteiger partial charge in [0.05, 0.1) is 19.1 Å². The summed E-state index contributed by atoms with van der Waals surface area (Å²) in [5.74, 6) is 2.38. The van der Waals surface area contributed by atoms with E-state index in [1.165, 1.54) is 6.33 Å². The van der Waals surface area contributed by atoms with Crippen molar-refractivity contribution in [2.45, 2.75) is 65.5 Å². The Morgan fingerprint density at radius 2 is 1.97 bits per heavy atom. The maximum atomic E-state index is 12.4. The van der Waals surface area contributed by atoms with Gasteiger partial charge in [0.25, 0.3) is 0 Å². The molecule has 1 N–H and O–H groups in total. The summed E-state index contributed by atoms with van der Waals surface area (Å²) in [7, 11) is 0. The summed E-state index contributed by atoms with van der Waals surface area (Å²) in [4.78, 5) is 23.1. The van der Waals surface area contributed by atoms with Gasteiger partial charge in [0.15, 0.2) is 5.82 Å². The molecule has 1 saturated heterocycles. The van der Waals surface area contributed by atoms with E-state index in [1.807, 2.05) is 31.2 Å². The van der Waals surface area contributed by atoms with Gasteiger partial charge in [-0.2, -0.15) is 0 Å². The Balaban J connectivity index is 1.32. The van der Waals surface area contributed by atoms with Crippen LogP contribution in [0.2, 0.25) is 5.02 Å². The SMILES string of the molecule is CC(C(=O)NC1CC1C)c1ccc(O[C@@H]2CCN(c3ncnc(OCC(C)(C)C)c3Cl)C2)cc1. The molecule has 8 heteroatoms. The van der Waals surface area contributed by atoms with Crippen LogP contribution in [0, 0.1) is 11.3 Å². The molecule has 2 aromatic rings. The molecular formula is C26H35ClN4O3. The van der Waals surface area contributed by atoms with Crippen LogP contribution >= 0.6 is 11.6 Å². The van der Waals surface area contributed by atoms with Gasteiger partial charge in [-0.25, -0.2) is 9.97 Å². The van der Waals surface area contributed by atoms with Crippen LogP contribution in [0.1, 0.15) is 58.9 Å². The number of hydrogen-bond acceptors (Lipinski definition) is 6. The van der Waals surface area contributed by atoms with E-state index >= 15 is 0 Å². The monoisotopic (exact) mass is 486 g/mol. The zero-order valence-electron chi connectivity index (χ0n) is 20.7. The Morgan fingerprint density at radius 3 is 2.62 bits per heavy atom. The van der Waals surface area contributed by atoms with Crippen molar-refractivity contribution in [2.24, 2.45) is 11.3 Å². The molecule has 2 aliphatic rings. The third-order valence-electron chi connectivity index (χ3n) is 6.34. The number of amides is 1. The molecule has 1 amide bonds. The van der Waals surface area contributed by atoms with E-state index < -0.39 is 0 Å². The summed E-state index contributed by atoms with van der Waals surface area (Å²) in [5, 5.41) is 3.55. The summed E-state index contributed by atoms with van der Waals surface area (Å²) >= 11 is 6.58. The first-order valence-corrected chi connectivity index (χ1v) is 12.4. The van der Waals surface area contributed by atoms with Gasteiger partial charge in [0, 0.05) is 19.0 Å². The second-order valence-corrected chi connectivity index (χ2v) is 11.1. The van der Waals surface area contributed by atoms with Gasteiger partial charge >= 0.3 is 0 Å². The highest BCUT2D eigenvalue weighted by Gasteiger charge is 2.35. The van der Waals surface area contributed by atoms with Gasteiger partial charge in [-0.15, -0.1) is 0 Å². The lowest BCUT2D eigenvalue weighted by atomic mass is 9.99. The Morgan fingerprint density at radius 1 is 1.26 bits per heavy atom. The minimum absolute atomic E-state index is 0.00789. The van der Waals surface area contributed by atoms with E-state index in [9.17, 15) is 4.79 Å². The van der Waals surface area contributed by atoms with Crippen molar-refractivity contribution in [3.63, 3.8) is 0 Å². The average Bonchev–Trinajstić information content (AvgIpc) is 3.28. The van der Waals surface area contributed by atoms with E-state index in [0.717, 1.165) is 30.7 Å². The molecule has 1 aliphatic heterocycles. The van der Waals surface area contributed by atoms with Crippen LogP contribution in [0.25, 0.3) is 0 Å². The quantitative estimate of drug-likeness (QED) is 0.575. The zero-order valence-corrected chi connectivity index (χ0v) is 21.4. The van der Waals surface area contributed by atoms with E-state index in [-0.39, 0.29) is 23.3 Å². The topological polar surface area (TPSA) is 76.6 Å². The minimum Gasteiger partial charge on any atom is -0.489 e. The van der Waals surface area contributed by atoms with Gasteiger partial charge in [0.1, 0.15) is 23.2 Å². The number of benzene rings is 1. The molecule has 4 atom stereocenters. The number of rotatable bonds is 8. The van der Waals surface area contributed by atoms with Crippen molar-refractivity contribution in [3.05, 3.63) is 41.2 Å². The number of aromatic nitrogens is 2. The molecule has 0 bridgehead atoms. The van der Waals surface area contributed by atoms with Crippen LogP contribution in [0.4, 0.5) is 5.82 Å². The zero-order chi connectivity index (χ0) is 24.5. The minimum atomic E-state index is -0.182. The molecule has 2 heterocycles. The highest BCUT2D eigenvalue weighted by atomic mass is 35.5. The molecule has 184 valence electrons. The molecule has 1 aromatic carbocycles. The van der Waals surface area contributed by atoms with Crippen molar-refractivity contribution < 1.29 is 14.3 Å². The van der Waals surface area contributed by atoms with Crippen molar-refractivity contribution in [3.8, 4) is 11.6 Å². The summed E-state index contributed by atoms with van der Waals surface area (Å²) in [6.45, 7) is 12.4. The molecule has 34 heavy (non-hydrogen) atoms. The fraction of sp³-hybridized carbons (Fsp3) is 0.577. The largest absolute Gasteiger partial charge is 0.489 e. The summed E-state index contributed by atoms with van der Waals surface area (Å²) in [6, 6.07) is 8.17. The maximum Gasteiger partial charge on any atom is 0.237 e. The van der Waals surface area contributed by atoms with E-state index in [0.29, 0.717) is 41.8 Å². The molecule has 1 aromatic heterocycles. The second kappa shape index (κ2) is 9.98. The number of halogens is 1. The fourth-order valence-corrected chi connectivity index (χ4v) is 4.25. The van der Waals surface area contributed by atoms with Crippen molar-refractivity contribution in [2.75, 3.05) is 24.6 Å². The lowest BCUT2D eigenvalue weighted by molar-refractivity contribution is -0.122. The molecule has 1 aliphatic carbocycles. The van der Waals surface area contributed by atoms with Crippen LogP contribution in [-0.4, -0.2) is 47.7 Å². The van der Waals surface area contributed by atoms with Crippen molar-refractivity contribution >= 4 is 23.3 Å². The van der Waals surface area contributed by atoms with Crippen LogP contribution in [-0.2, 0) is 4.79 Å². The number of nitrogens with zero attached hydrogens (tertiary/aromatic N) is 3. The Hall–Kier alpha value is -2.54. The molecule has 0 spiro atoms. The number of carbonyl (C=O) groups excluding carboxylic acids is 1. The van der Waals surface area contributed by atoms with Crippen molar-refractivity contribution in [1.29, 1.82) is 0 Å². The van der Waals surface area contributed by atoms with Crippen LogP contribution in [0.3, 0.4) is 0 Å². The molecule has 1 saturated carbocycles. The standard InChI is InChI=1S/C26H35ClN4O3/c1-16-12-21(16)30-24(32)17(2)18-6-8-19(9-7-18)34-20-10-11-31(13-20)23-22(27)25(29-15-28-23)33-14-26(3,4)5/h6-9,15-17,20-21H,10-14H2,1-5H3,(H,30,32)/t16?,17?,20-,21?/m1/s1. The third-order valence-corrected chi connectivity index (χ3v) is 6.67. The highest BCUT2D eigenvalue weighted by Crippen LogP contribution is 2.34. The Labute approximate surface area is 207 Å². The number of hydrogen-bond donors (Lipinski definition) is 1.